The number of piperidine rings is 1. The standard InChI is InChI=1S/C15H28N2O/c1-13(14-5-10-18-11-6-14)17-9-8-16-7-3-2-4-15(16)12-17/h13-15H,2-12H2,1H3. The van der Waals surface area contributed by atoms with Crippen LogP contribution < -0.4 is 0 Å². The van der Waals surface area contributed by atoms with Gasteiger partial charge in [-0.1, -0.05) is 6.42 Å². The zero-order valence-corrected chi connectivity index (χ0v) is 11.8. The molecule has 0 aromatic heterocycles. The zero-order valence-electron chi connectivity index (χ0n) is 11.8. The normalized spacial score (nSPS) is 34.2. The molecule has 0 aromatic carbocycles. The Hall–Kier alpha value is -0.120. The quantitative estimate of drug-likeness (QED) is 0.747. The molecule has 0 saturated carbocycles. The highest BCUT2D eigenvalue weighted by Gasteiger charge is 2.33. The van der Waals surface area contributed by atoms with Crippen LogP contribution in [0.2, 0.25) is 0 Å². The van der Waals surface area contributed by atoms with Crippen molar-refractivity contribution < 1.29 is 4.74 Å². The summed E-state index contributed by atoms with van der Waals surface area (Å²) in [5.41, 5.74) is 0. The van der Waals surface area contributed by atoms with Crippen molar-refractivity contribution in [2.75, 3.05) is 39.4 Å². The van der Waals surface area contributed by atoms with Crippen LogP contribution >= 0.6 is 0 Å². The first-order chi connectivity index (χ1) is 8.84. The second-order valence-electron chi connectivity index (χ2n) is 6.37. The summed E-state index contributed by atoms with van der Waals surface area (Å²) < 4.78 is 5.50. The number of piperazine rings is 1. The predicted molar refractivity (Wildman–Crippen MR) is 73.8 cm³/mol. The van der Waals surface area contributed by atoms with Gasteiger partial charge in [0.15, 0.2) is 0 Å². The maximum absolute atomic E-state index is 5.50. The Labute approximate surface area is 111 Å². The van der Waals surface area contributed by atoms with E-state index in [1.165, 1.54) is 58.3 Å². The Bertz CT molecular complexity index is 262. The van der Waals surface area contributed by atoms with Gasteiger partial charge in [-0.05, 0) is 45.1 Å². The SMILES string of the molecule is CC(C1CCOCC1)N1CCN2CCCCC2C1. The number of ether oxygens (including phenoxy) is 1. The van der Waals surface area contributed by atoms with Gasteiger partial charge >= 0.3 is 0 Å². The van der Waals surface area contributed by atoms with Crippen LogP contribution in [0.4, 0.5) is 0 Å². The van der Waals surface area contributed by atoms with E-state index in [1.807, 2.05) is 0 Å². The second-order valence-corrected chi connectivity index (χ2v) is 6.37. The summed E-state index contributed by atoms with van der Waals surface area (Å²) in [6, 6.07) is 1.62. The van der Waals surface area contributed by atoms with E-state index in [0.717, 1.165) is 31.2 Å². The van der Waals surface area contributed by atoms with Crippen LogP contribution in [0.3, 0.4) is 0 Å². The smallest absolute Gasteiger partial charge is 0.0469 e. The molecular weight excluding hydrogens is 224 g/mol. The third-order valence-electron chi connectivity index (χ3n) is 5.39. The van der Waals surface area contributed by atoms with Gasteiger partial charge in [0.1, 0.15) is 0 Å². The largest absolute Gasteiger partial charge is 0.381 e. The molecule has 3 heterocycles. The van der Waals surface area contributed by atoms with Crippen LogP contribution in [0.5, 0.6) is 0 Å². The van der Waals surface area contributed by atoms with Gasteiger partial charge in [-0.15, -0.1) is 0 Å². The van der Waals surface area contributed by atoms with Crippen molar-refractivity contribution in [3.05, 3.63) is 0 Å². The molecule has 104 valence electrons. The molecule has 3 heteroatoms. The molecular formula is C15H28N2O. The molecule has 3 saturated heterocycles. The topological polar surface area (TPSA) is 15.7 Å². The van der Waals surface area contributed by atoms with E-state index in [2.05, 4.69) is 16.7 Å². The highest BCUT2D eigenvalue weighted by atomic mass is 16.5. The first-order valence-electron chi connectivity index (χ1n) is 7.90. The number of rotatable bonds is 2. The zero-order chi connectivity index (χ0) is 12.4. The molecule has 0 aromatic rings. The van der Waals surface area contributed by atoms with Crippen LogP contribution in [0.25, 0.3) is 0 Å². The summed E-state index contributed by atoms with van der Waals surface area (Å²) in [7, 11) is 0. The van der Waals surface area contributed by atoms with Crippen LogP contribution in [0, 0.1) is 5.92 Å². The number of hydrogen-bond donors (Lipinski definition) is 0. The molecule has 0 aliphatic carbocycles. The van der Waals surface area contributed by atoms with Gasteiger partial charge in [0, 0.05) is 44.9 Å². The lowest BCUT2D eigenvalue weighted by Crippen LogP contribution is -2.58. The lowest BCUT2D eigenvalue weighted by Gasteiger charge is -2.47. The number of nitrogens with zero attached hydrogens (tertiary/aromatic N) is 2. The van der Waals surface area contributed by atoms with Crippen molar-refractivity contribution in [2.24, 2.45) is 5.92 Å². The molecule has 3 nitrogen and oxygen atoms in total. The fraction of sp³-hybridized carbons (Fsp3) is 1.00. The van der Waals surface area contributed by atoms with Crippen LogP contribution in [0.15, 0.2) is 0 Å². The molecule has 2 atom stereocenters. The van der Waals surface area contributed by atoms with Crippen molar-refractivity contribution in [3.63, 3.8) is 0 Å². The van der Waals surface area contributed by atoms with Gasteiger partial charge in [-0.3, -0.25) is 9.80 Å². The minimum atomic E-state index is 0.762. The van der Waals surface area contributed by atoms with Gasteiger partial charge in [0.05, 0.1) is 0 Å². The van der Waals surface area contributed by atoms with Gasteiger partial charge in [-0.2, -0.15) is 0 Å². The molecule has 3 fully saturated rings. The number of hydrogen-bond acceptors (Lipinski definition) is 3. The van der Waals surface area contributed by atoms with Gasteiger partial charge < -0.3 is 4.74 Å². The van der Waals surface area contributed by atoms with E-state index in [4.69, 9.17) is 4.74 Å². The van der Waals surface area contributed by atoms with Crippen molar-refractivity contribution in [1.82, 2.24) is 9.80 Å². The van der Waals surface area contributed by atoms with Crippen LogP contribution in [-0.2, 0) is 4.74 Å². The lowest BCUT2D eigenvalue weighted by molar-refractivity contribution is -0.00995. The number of fused-ring (bicyclic) bond motifs is 1. The summed E-state index contributed by atoms with van der Waals surface area (Å²) in [6.07, 6.45) is 6.84. The molecule has 18 heavy (non-hydrogen) atoms. The van der Waals surface area contributed by atoms with Crippen molar-refractivity contribution in [1.29, 1.82) is 0 Å². The molecule has 0 spiro atoms. The van der Waals surface area contributed by atoms with E-state index in [1.54, 1.807) is 0 Å². The van der Waals surface area contributed by atoms with E-state index in [9.17, 15) is 0 Å². The van der Waals surface area contributed by atoms with Crippen LogP contribution in [0.1, 0.15) is 39.0 Å². The Kier molecular flexibility index (Phi) is 4.22. The summed E-state index contributed by atoms with van der Waals surface area (Å²) in [5, 5.41) is 0. The van der Waals surface area contributed by atoms with Gasteiger partial charge in [0.2, 0.25) is 0 Å². The molecule has 3 rings (SSSR count). The Morgan fingerprint density at radius 1 is 1.00 bits per heavy atom. The Morgan fingerprint density at radius 3 is 2.67 bits per heavy atom. The van der Waals surface area contributed by atoms with E-state index < -0.39 is 0 Å². The summed E-state index contributed by atoms with van der Waals surface area (Å²) >= 11 is 0. The summed E-state index contributed by atoms with van der Waals surface area (Å²) in [4.78, 5) is 5.50. The fourth-order valence-corrected chi connectivity index (χ4v) is 4.05. The first kappa shape index (κ1) is 12.9. The Morgan fingerprint density at radius 2 is 1.83 bits per heavy atom. The van der Waals surface area contributed by atoms with Crippen molar-refractivity contribution in [3.8, 4) is 0 Å². The maximum atomic E-state index is 5.50. The maximum Gasteiger partial charge on any atom is 0.0469 e. The molecule has 0 bridgehead atoms. The third kappa shape index (κ3) is 2.73. The molecule has 3 aliphatic rings. The third-order valence-corrected chi connectivity index (χ3v) is 5.39. The van der Waals surface area contributed by atoms with E-state index >= 15 is 0 Å². The second kappa shape index (κ2) is 5.89. The van der Waals surface area contributed by atoms with Crippen molar-refractivity contribution in [2.45, 2.75) is 51.1 Å². The average Bonchev–Trinajstić information content (AvgIpc) is 2.47. The highest BCUT2D eigenvalue weighted by molar-refractivity contribution is 4.89. The average molecular weight is 252 g/mol. The Balaban J connectivity index is 1.55. The van der Waals surface area contributed by atoms with Crippen LogP contribution in [-0.4, -0.2) is 61.3 Å². The van der Waals surface area contributed by atoms with E-state index in [0.29, 0.717) is 0 Å². The molecule has 0 N–H and O–H groups in total. The molecule has 2 unspecified atom stereocenters. The summed E-state index contributed by atoms with van der Waals surface area (Å²) in [6.45, 7) is 9.68. The van der Waals surface area contributed by atoms with Gasteiger partial charge in [0.25, 0.3) is 0 Å². The predicted octanol–water partition coefficient (Wildman–Crippen LogP) is 1.97. The fourth-order valence-electron chi connectivity index (χ4n) is 4.05. The lowest BCUT2D eigenvalue weighted by atomic mass is 9.90. The van der Waals surface area contributed by atoms with Gasteiger partial charge in [-0.25, -0.2) is 0 Å². The molecule has 0 amide bonds. The van der Waals surface area contributed by atoms with Crippen molar-refractivity contribution >= 4 is 0 Å². The first-order valence-corrected chi connectivity index (χ1v) is 7.90. The minimum Gasteiger partial charge on any atom is -0.381 e. The highest BCUT2D eigenvalue weighted by Crippen LogP contribution is 2.27. The monoisotopic (exact) mass is 252 g/mol. The van der Waals surface area contributed by atoms with E-state index in [-0.39, 0.29) is 0 Å². The summed E-state index contributed by atoms with van der Waals surface area (Å²) in [5.74, 6) is 0.869. The minimum absolute atomic E-state index is 0.762. The molecule has 3 aliphatic heterocycles. The molecule has 0 radical (unpaired) electrons.